The molecular formula is C24H36O2. The molecule has 1 aromatic carbocycles. The second-order valence-corrected chi connectivity index (χ2v) is 8.55. The third-order valence-electron chi connectivity index (χ3n) is 6.88. The van der Waals surface area contributed by atoms with Crippen molar-refractivity contribution in [1.29, 1.82) is 0 Å². The lowest BCUT2D eigenvalue weighted by atomic mass is 9.68. The van der Waals surface area contributed by atoms with E-state index in [1.807, 2.05) is 0 Å². The molecule has 0 radical (unpaired) electrons. The highest BCUT2D eigenvalue weighted by Gasteiger charge is 2.31. The summed E-state index contributed by atoms with van der Waals surface area (Å²) in [6.45, 7) is 2.81. The normalized spacial score (nSPS) is 29.3. The summed E-state index contributed by atoms with van der Waals surface area (Å²) in [5.41, 5.74) is 1.47. The van der Waals surface area contributed by atoms with Crippen LogP contribution in [0.15, 0.2) is 24.3 Å². The van der Waals surface area contributed by atoms with Crippen molar-refractivity contribution in [2.24, 2.45) is 17.8 Å². The van der Waals surface area contributed by atoms with Crippen LogP contribution in [-0.2, 0) is 4.79 Å². The summed E-state index contributed by atoms with van der Waals surface area (Å²) in [4.78, 5) is 10.4. The van der Waals surface area contributed by atoms with E-state index in [-0.39, 0.29) is 0 Å². The fourth-order valence-electron chi connectivity index (χ4n) is 5.34. The highest BCUT2D eigenvalue weighted by atomic mass is 16.5. The first-order chi connectivity index (χ1) is 12.8. The molecule has 2 saturated carbocycles. The fraction of sp³-hybridized carbons (Fsp3) is 0.708. The molecule has 0 amide bonds. The summed E-state index contributed by atoms with van der Waals surface area (Å²) in [7, 11) is 0. The number of aldehydes is 1. The fourth-order valence-corrected chi connectivity index (χ4v) is 5.34. The van der Waals surface area contributed by atoms with Crippen molar-refractivity contribution >= 4 is 6.29 Å². The number of ether oxygens (including phenoxy) is 1. The largest absolute Gasteiger partial charge is 0.493 e. The second kappa shape index (κ2) is 10.1. The first-order valence-corrected chi connectivity index (χ1v) is 11.0. The van der Waals surface area contributed by atoms with Crippen LogP contribution in [0.5, 0.6) is 5.75 Å². The van der Waals surface area contributed by atoms with E-state index >= 15 is 0 Å². The van der Waals surface area contributed by atoms with E-state index in [4.69, 9.17) is 4.74 Å². The van der Waals surface area contributed by atoms with Crippen LogP contribution < -0.4 is 4.74 Å². The van der Waals surface area contributed by atoms with Crippen molar-refractivity contribution in [3.63, 3.8) is 0 Å². The summed E-state index contributed by atoms with van der Waals surface area (Å²) < 4.78 is 5.58. The number of hydrogen-bond acceptors (Lipinski definition) is 2. The van der Waals surface area contributed by atoms with Crippen molar-refractivity contribution in [3.8, 4) is 5.75 Å². The maximum Gasteiger partial charge on any atom is 0.123 e. The first kappa shape index (κ1) is 19.5. The van der Waals surface area contributed by atoms with Gasteiger partial charge in [-0.3, -0.25) is 0 Å². The third kappa shape index (κ3) is 5.34. The molecule has 2 heteroatoms. The van der Waals surface area contributed by atoms with Crippen LogP contribution in [0.1, 0.15) is 89.0 Å². The Morgan fingerprint density at radius 3 is 2.12 bits per heavy atom. The Balaban J connectivity index is 1.43. The van der Waals surface area contributed by atoms with Gasteiger partial charge < -0.3 is 9.53 Å². The molecule has 0 unspecified atom stereocenters. The van der Waals surface area contributed by atoms with Crippen LogP contribution >= 0.6 is 0 Å². The van der Waals surface area contributed by atoms with Crippen molar-refractivity contribution in [2.45, 2.75) is 83.5 Å². The van der Waals surface area contributed by atoms with Gasteiger partial charge in [0.1, 0.15) is 12.0 Å². The molecule has 3 rings (SSSR count). The number of hydrogen-bond donors (Lipinski definition) is 0. The first-order valence-electron chi connectivity index (χ1n) is 11.0. The summed E-state index contributed by atoms with van der Waals surface area (Å²) in [6, 6.07) is 8.61. The lowest BCUT2D eigenvalue weighted by Gasteiger charge is -2.38. The molecule has 0 aliphatic heterocycles. The minimum atomic E-state index is 0.464. The van der Waals surface area contributed by atoms with Crippen LogP contribution in [0.2, 0.25) is 0 Å². The molecule has 0 bridgehead atoms. The SMILES string of the molecule is CCCC1CCC(C2CCC(c3ccc(OCCC=O)cc3)CC2)CC1. The Bertz CT molecular complexity index is 520. The molecule has 2 fully saturated rings. The van der Waals surface area contributed by atoms with Crippen LogP contribution in [0, 0.1) is 17.8 Å². The molecule has 2 aliphatic carbocycles. The molecule has 0 saturated heterocycles. The topological polar surface area (TPSA) is 26.3 Å². The number of benzene rings is 1. The van der Waals surface area contributed by atoms with Gasteiger partial charge in [-0.05, 0) is 79.9 Å². The number of carbonyl (C=O) groups is 1. The minimum Gasteiger partial charge on any atom is -0.493 e. The van der Waals surface area contributed by atoms with E-state index in [0.29, 0.717) is 13.0 Å². The maximum absolute atomic E-state index is 10.4. The minimum absolute atomic E-state index is 0.464. The van der Waals surface area contributed by atoms with E-state index in [9.17, 15) is 4.79 Å². The predicted octanol–water partition coefficient (Wildman–Crippen LogP) is 6.53. The average molecular weight is 357 g/mol. The van der Waals surface area contributed by atoms with Gasteiger partial charge in [-0.25, -0.2) is 0 Å². The summed E-state index contributed by atoms with van der Waals surface area (Å²) in [5, 5.41) is 0. The summed E-state index contributed by atoms with van der Waals surface area (Å²) in [5.74, 6) is 4.64. The molecule has 0 aromatic heterocycles. The Hall–Kier alpha value is -1.31. The third-order valence-corrected chi connectivity index (χ3v) is 6.88. The summed E-state index contributed by atoms with van der Waals surface area (Å²) in [6.07, 6.45) is 15.7. The van der Waals surface area contributed by atoms with Crippen molar-refractivity contribution in [3.05, 3.63) is 29.8 Å². The molecule has 0 spiro atoms. The Kier molecular flexibility index (Phi) is 7.58. The van der Waals surface area contributed by atoms with Crippen LogP contribution in [0.4, 0.5) is 0 Å². The van der Waals surface area contributed by atoms with Gasteiger partial charge in [-0.2, -0.15) is 0 Å². The number of rotatable bonds is 8. The average Bonchev–Trinajstić information content (AvgIpc) is 2.70. The van der Waals surface area contributed by atoms with Crippen LogP contribution in [-0.4, -0.2) is 12.9 Å². The van der Waals surface area contributed by atoms with Gasteiger partial charge in [0.2, 0.25) is 0 Å². The Morgan fingerprint density at radius 1 is 0.923 bits per heavy atom. The van der Waals surface area contributed by atoms with Gasteiger partial charge in [0.05, 0.1) is 6.61 Å². The standard InChI is InChI=1S/C24H36O2/c1-2-4-19-5-7-20(8-6-19)21-9-11-22(12-10-21)23-13-15-24(16-14-23)26-18-3-17-25/h13-17,19-22H,2-12,18H2,1H3. The van der Waals surface area contributed by atoms with Crippen LogP contribution in [0.3, 0.4) is 0 Å². The predicted molar refractivity (Wildman–Crippen MR) is 108 cm³/mol. The molecule has 26 heavy (non-hydrogen) atoms. The van der Waals surface area contributed by atoms with Gasteiger partial charge in [0.15, 0.2) is 0 Å². The molecule has 0 atom stereocenters. The zero-order chi connectivity index (χ0) is 18.2. The van der Waals surface area contributed by atoms with Gasteiger partial charge in [-0.15, -0.1) is 0 Å². The quantitative estimate of drug-likeness (QED) is 0.391. The highest BCUT2D eigenvalue weighted by molar-refractivity contribution is 5.49. The van der Waals surface area contributed by atoms with Gasteiger partial charge in [0, 0.05) is 6.42 Å². The molecule has 1 aromatic rings. The molecule has 2 aliphatic rings. The van der Waals surface area contributed by atoms with Crippen molar-refractivity contribution < 1.29 is 9.53 Å². The van der Waals surface area contributed by atoms with E-state index in [1.54, 1.807) is 0 Å². The molecule has 0 heterocycles. The van der Waals surface area contributed by atoms with Gasteiger partial charge >= 0.3 is 0 Å². The zero-order valence-corrected chi connectivity index (χ0v) is 16.5. The van der Waals surface area contributed by atoms with Gasteiger partial charge in [0.25, 0.3) is 0 Å². The van der Waals surface area contributed by atoms with Crippen LogP contribution in [0.25, 0.3) is 0 Å². The smallest absolute Gasteiger partial charge is 0.123 e. The molecule has 144 valence electrons. The van der Waals surface area contributed by atoms with Gasteiger partial charge in [-0.1, -0.05) is 44.7 Å². The van der Waals surface area contributed by atoms with E-state index in [1.165, 1.54) is 69.8 Å². The number of carbonyl (C=O) groups excluding carboxylic acids is 1. The summed E-state index contributed by atoms with van der Waals surface area (Å²) >= 11 is 0. The van der Waals surface area contributed by atoms with E-state index in [2.05, 4.69) is 31.2 Å². The molecule has 2 nitrogen and oxygen atoms in total. The lowest BCUT2D eigenvalue weighted by molar-refractivity contribution is -0.108. The van der Waals surface area contributed by atoms with Crippen molar-refractivity contribution in [2.75, 3.05) is 6.61 Å². The monoisotopic (exact) mass is 356 g/mol. The second-order valence-electron chi connectivity index (χ2n) is 8.55. The highest BCUT2D eigenvalue weighted by Crippen LogP contribution is 2.44. The Morgan fingerprint density at radius 2 is 1.54 bits per heavy atom. The Labute approximate surface area is 159 Å². The maximum atomic E-state index is 10.4. The van der Waals surface area contributed by atoms with E-state index in [0.717, 1.165) is 35.7 Å². The molecular weight excluding hydrogens is 320 g/mol. The van der Waals surface area contributed by atoms with E-state index < -0.39 is 0 Å². The lowest BCUT2D eigenvalue weighted by Crippen LogP contribution is -2.25. The van der Waals surface area contributed by atoms with Crippen molar-refractivity contribution in [1.82, 2.24) is 0 Å². The molecule has 0 N–H and O–H groups in total. The zero-order valence-electron chi connectivity index (χ0n) is 16.5.